The zero-order chi connectivity index (χ0) is 29.4. The molecule has 0 saturated carbocycles. The summed E-state index contributed by atoms with van der Waals surface area (Å²) in [6.45, 7) is 18.0. The number of hydrogen-bond donors (Lipinski definition) is 0. The first kappa shape index (κ1) is 29.9. The number of nitro benzene ring substituents is 1. The van der Waals surface area contributed by atoms with Crippen molar-refractivity contribution in [1.29, 1.82) is 0 Å². The maximum Gasteiger partial charge on any atom is 0.317 e. The Morgan fingerprint density at radius 3 is 1.85 bits per heavy atom. The van der Waals surface area contributed by atoms with Crippen molar-refractivity contribution in [3.05, 3.63) is 49.6 Å². The number of ether oxygens (including phenoxy) is 4. The SMILES string of the molecule is CC(=O)Oc1c(C)c2c(c([N+](=O)[O-])c1C)OC(C)(C)CC2.CC(=O)Oc1c(C)cc2c(c1C)CCC(C)(C)O2. The van der Waals surface area contributed by atoms with Crippen molar-refractivity contribution in [2.45, 2.75) is 106 Å². The van der Waals surface area contributed by atoms with Crippen LogP contribution >= 0.6 is 0 Å². The summed E-state index contributed by atoms with van der Waals surface area (Å²) in [5, 5.41) is 11.4. The Morgan fingerprint density at radius 2 is 1.31 bits per heavy atom. The van der Waals surface area contributed by atoms with E-state index in [-0.39, 0.29) is 23.0 Å². The van der Waals surface area contributed by atoms with Crippen LogP contribution in [0.1, 0.15) is 87.8 Å². The molecule has 2 heterocycles. The quantitative estimate of drug-likeness (QED) is 0.185. The smallest absolute Gasteiger partial charge is 0.317 e. The second-order valence-electron chi connectivity index (χ2n) is 11.5. The van der Waals surface area contributed by atoms with E-state index in [0.29, 0.717) is 23.5 Å². The second-order valence-corrected chi connectivity index (χ2v) is 11.5. The largest absolute Gasteiger partial charge is 0.488 e. The number of nitro groups is 1. The Labute approximate surface area is 229 Å². The minimum absolute atomic E-state index is 0.111. The minimum Gasteiger partial charge on any atom is -0.488 e. The lowest BCUT2D eigenvalue weighted by Crippen LogP contribution is -2.33. The maximum atomic E-state index is 11.4. The molecule has 0 radical (unpaired) electrons. The van der Waals surface area contributed by atoms with Gasteiger partial charge in [-0.3, -0.25) is 19.7 Å². The van der Waals surface area contributed by atoms with E-state index in [0.717, 1.165) is 52.8 Å². The van der Waals surface area contributed by atoms with Crippen LogP contribution in [0, 0.1) is 37.8 Å². The van der Waals surface area contributed by atoms with E-state index in [4.69, 9.17) is 18.9 Å². The molecule has 212 valence electrons. The highest BCUT2D eigenvalue weighted by Crippen LogP contribution is 2.48. The summed E-state index contributed by atoms with van der Waals surface area (Å²) in [6.07, 6.45) is 3.34. The van der Waals surface area contributed by atoms with Crippen LogP contribution in [0.5, 0.6) is 23.0 Å². The molecule has 2 aromatic rings. The Balaban J connectivity index is 0.000000218. The number of fused-ring (bicyclic) bond motifs is 2. The molecule has 0 saturated heterocycles. The molecule has 0 atom stereocenters. The Morgan fingerprint density at radius 1 is 0.821 bits per heavy atom. The molecule has 9 heteroatoms. The van der Waals surface area contributed by atoms with Crippen LogP contribution < -0.4 is 18.9 Å². The molecule has 0 unspecified atom stereocenters. The summed E-state index contributed by atoms with van der Waals surface area (Å²) < 4.78 is 22.3. The number of carbonyl (C=O) groups excluding carboxylic acids is 2. The Hall–Kier alpha value is -3.62. The molecule has 0 aliphatic carbocycles. The van der Waals surface area contributed by atoms with Crippen molar-refractivity contribution in [3.63, 3.8) is 0 Å². The molecule has 0 fully saturated rings. The number of esters is 2. The predicted molar refractivity (Wildman–Crippen MR) is 147 cm³/mol. The van der Waals surface area contributed by atoms with E-state index >= 15 is 0 Å². The summed E-state index contributed by atoms with van der Waals surface area (Å²) >= 11 is 0. The molecule has 0 spiro atoms. The van der Waals surface area contributed by atoms with Gasteiger partial charge in [-0.15, -0.1) is 0 Å². The Bertz CT molecular complexity index is 1340. The monoisotopic (exact) mass is 541 g/mol. The molecule has 0 amide bonds. The van der Waals surface area contributed by atoms with E-state index < -0.39 is 16.5 Å². The first-order chi connectivity index (χ1) is 17.9. The predicted octanol–water partition coefficient (Wildman–Crippen LogP) is 6.57. The van der Waals surface area contributed by atoms with E-state index in [1.807, 2.05) is 33.8 Å². The average Bonchev–Trinajstić information content (AvgIpc) is 2.78. The van der Waals surface area contributed by atoms with Crippen LogP contribution in [-0.4, -0.2) is 28.1 Å². The van der Waals surface area contributed by atoms with Gasteiger partial charge in [0, 0.05) is 25.0 Å². The fraction of sp³-hybridized carbons (Fsp3) is 0.533. The molecule has 9 nitrogen and oxygen atoms in total. The standard InChI is InChI=1S/C15H19NO5.C15H20O3/c1-8-11-6-7-15(4,5)21-14(11)12(16(18)19)9(2)13(8)20-10(3)17;1-9-8-13-12(6-7-15(4,5)18-13)10(2)14(9)17-11(3)16/h6-7H2,1-5H3;8H,6-7H2,1-5H3. The van der Waals surface area contributed by atoms with Crippen molar-refractivity contribution in [1.82, 2.24) is 0 Å². The van der Waals surface area contributed by atoms with Gasteiger partial charge in [0.15, 0.2) is 0 Å². The molecule has 0 bridgehead atoms. The normalized spacial score (nSPS) is 16.3. The number of rotatable bonds is 3. The molecule has 2 aromatic carbocycles. The molecule has 2 aliphatic heterocycles. The number of carbonyl (C=O) groups is 2. The zero-order valence-corrected chi connectivity index (χ0v) is 24.6. The highest BCUT2D eigenvalue weighted by molar-refractivity contribution is 5.74. The lowest BCUT2D eigenvalue weighted by molar-refractivity contribution is -0.387. The van der Waals surface area contributed by atoms with Gasteiger partial charge in [-0.2, -0.15) is 0 Å². The highest BCUT2D eigenvalue weighted by atomic mass is 16.6. The van der Waals surface area contributed by atoms with Gasteiger partial charge in [0.1, 0.15) is 28.5 Å². The lowest BCUT2D eigenvalue weighted by Gasteiger charge is -2.34. The average molecular weight is 542 g/mol. The van der Waals surface area contributed by atoms with Crippen molar-refractivity contribution in [3.8, 4) is 23.0 Å². The zero-order valence-electron chi connectivity index (χ0n) is 24.6. The van der Waals surface area contributed by atoms with Crippen LogP contribution in [-0.2, 0) is 22.4 Å². The number of hydrogen-bond acceptors (Lipinski definition) is 8. The first-order valence-corrected chi connectivity index (χ1v) is 13.1. The molecular weight excluding hydrogens is 502 g/mol. The van der Waals surface area contributed by atoms with Crippen molar-refractivity contribution in [2.75, 3.05) is 0 Å². The van der Waals surface area contributed by atoms with Crippen molar-refractivity contribution < 1.29 is 33.5 Å². The molecule has 2 aliphatic rings. The number of aryl methyl sites for hydroxylation is 1. The minimum atomic E-state index is -0.493. The van der Waals surface area contributed by atoms with Crippen LogP contribution in [0.2, 0.25) is 0 Å². The third-order valence-electron chi connectivity index (χ3n) is 7.17. The number of nitrogens with zero attached hydrogens (tertiary/aromatic N) is 1. The third kappa shape index (κ3) is 6.52. The molecule has 39 heavy (non-hydrogen) atoms. The van der Waals surface area contributed by atoms with Crippen LogP contribution in [0.15, 0.2) is 6.07 Å². The van der Waals surface area contributed by atoms with Gasteiger partial charge < -0.3 is 18.9 Å². The van der Waals surface area contributed by atoms with E-state index in [1.165, 1.54) is 13.8 Å². The van der Waals surface area contributed by atoms with E-state index in [2.05, 4.69) is 13.8 Å². The second kappa shape index (κ2) is 10.9. The molecule has 0 N–H and O–H groups in total. The van der Waals surface area contributed by atoms with Crippen LogP contribution in [0.4, 0.5) is 5.69 Å². The van der Waals surface area contributed by atoms with E-state index in [9.17, 15) is 19.7 Å². The van der Waals surface area contributed by atoms with Crippen LogP contribution in [0.3, 0.4) is 0 Å². The first-order valence-electron chi connectivity index (χ1n) is 13.1. The van der Waals surface area contributed by atoms with Gasteiger partial charge in [0.25, 0.3) is 0 Å². The van der Waals surface area contributed by atoms with Gasteiger partial charge in [-0.1, -0.05) is 0 Å². The van der Waals surface area contributed by atoms with E-state index in [1.54, 1.807) is 13.8 Å². The van der Waals surface area contributed by atoms with Gasteiger partial charge in [-0.05, 0) is 104 Å². The topological polar surface area (TPSA) is 114 Å². The maximum absolute atomic E-state index is 11.4. The molecule has 0 aromatic heterocycles. The van der Waals surface area contributed by atoms with Crippen molar-refractivity contribution >= 4 is 17.6 Å². The summed E-state index contributed by atoms with van der Waals surface area (Å²) in [5.41, 5.74) is 4.27. The molecular formula is C30H39NO8. The van der Waals surface area contributed by atoms with Gasteiger partial charge >= 0.3 is 17.6 Å². The Kier molecular flexibility index (Phi) is 8.34. The molecule has 4 rings (SSSR count). The number of benzene rings is 2. The van der Waals surface area contributed by atoms with Gasteiger partial charge in [0.05, 0.1) is 10.5 Å². The third-order valence-corrected chi connectivity index (χ3v) is 7.17. The fourth-order valence-corrected chi connectivity index (χ4v) is 5.13. The summed E-state index contributed by atoms with van der Waals surface area (Å²) in [7, 11) is 0. The summed E-state index contributed by atoms with van der Waals surface area (Å²) in [5.74, 6) is 1.42. The van der Waals surface area contributed by atoms with Gasteiger partial charge in [-0.25, -0.2) is 0 Å². The van der Waals surface area contributed by atoms with Crippen LogP contribution in [0.25, 0.3) is 0 Å². The van der Waals surface area contributed by atoms with Crippen molar-refractivity contribution in [2.24, 2.45) is 0 Å². The highest BCUT2D eigenvalue weighted by Gasteiger charge is 2.37. The van der Waals surface area contributed by atoms with Gasteiger partial charge in [0.2, 0.25) is 5.75 Å². The fourth-order valence-electron chi connectivity index (χ4n) is 5.13. The summed E-state index contributed by atoms with van der Waals surface area (Å²) in [4.78, 5) is 33.4. The summed E-state index contributed by atoms with van der Waals surface area (Å²) in [6, 6.07) is 1.97. The lowest BCUT2D eigenvalue weighted by atomic mass is 9.89.